The molecule has 0 amide bonds. The second-order valence-electron chi connectivity index (χ2n) is 3.05. The zero-order valence-corrected chi connectivity index (χ0v) is 9.04. The van der Waals surface area contributed by atoms with Gasteiger partial charge in [0.1, 0.15) is 5.78 Å². The van der Waals surface area contributed by atoms with Crippen LogP contribution in [0.2, 0.25) is 0 Å². The van der Waals surface area contributed by atoms with Crippen LogP contribution in [-0.2, 0) is 11.2 Å². The lowest BCUT2D eigenvalue weighted by Crippen LogP contribution is -2.30. The zero-order valence-electron chi connectivity index (χ0n) is 7.46. The fourth-order valence-corrected chi connectivity index (χ4v) is 1.51. The highest BCUT2D eigenvalue weighted by molar-refractivity contribution is 9.10. The van der Waals surface area contributed by atoms with Crippen LogP contribution in [-0.4, -0.2) is 11.8 Å². The topological polar surface area (TPSA) is 43.1 Å². The van der Waals surface area contributed by atoms with Crippen molar-refractivity contribution < 1.29 is 4.79 Å². The molecule has 0 aliphatic rings. The van der Waals surface area contributed by atoms with Crippen molar-refractivity contribution in [2.24, 2.45) is 5.73 Å². The summed E-state index contributed by atoms with van der Waals surface area (Å²) >= 11 is 3.36. The summed E-state index contributed by atoms with van der Waals surface area (Å²) in [6, 6.07) is 7.44. The average Bonchev–Trinajstić information content (AvgIpc) is 2.04. The summed E-state index contributed by atoms with van der Waals surface area (Å²) in [6.45, 7) is 1.52. The molecule has 3 heteroatoms. The Labute approximate surface area is 86.3 Å². The molecule has 0 bridgehead atoms. The molecular weight excluding hydrogens is 230 g/mol. The molecule has 0 saturated heterocycles. The minimum atomic E-state index is -0.380. The fraction of sp³-hybridized carbons (Fsp3) is 0.300. The quantitative estimate of drug-likeness (QED) is 0.879. The van der Waals surface area contributed by atoms with Crippen LogP contribution in [0.5, 0.6) is 0 Å². The summed E-state index contributed by atoms with van der Waals surface area (Å²) in [5.74, 6) is 0.0278. The van der Waals surface area contributed by atoms with Gasteiger partial charge in [-0.1, -0.05) is 28.1 Å². The standard InChI is InChI=1S/C10H12BrNO/c1-7(13)10(12)6-8-3-2-4-9(11)5-8/h2-5,10H,6,12H2,1H3/t10-/m0/s1. The number of Topliss-reactive ketones (excluding diaryl/α,β-unsaturated/α-hetero) is 1. The molecule has 0 saturated carbocycles. The zero-order chi connectivity index (χ0) is 9.84. The van der Waals surface area contributed by atoms with E-state index in [1.807, 2.05) is 24.3 Å². The highest BCUT2D eigenvalue weighted by Gasteiger charge is 2.08. The Hall–Kier alpha value is -0.670. The molecule has 0 spiro atoms. The maximum Gasteiger partial charge on any atom is 0.146 e. The maximum atomic E-state index is 10.9. The van der Waals surface area contributed by atoms with Crippen molar-refractivity contribution in [3.63, 3.8) is 0 Å². The van der Waals surface area contributed by atoms with E-state index in [9.17, 15) is 4.79 Å². The summed E-state index contributed by atoms with van der Waals surface area (Å²) in [5, 5.41) is 0. The number of rotatable bonds is 3. The van der Waals surface area contributed by atoms with Crippen LogP contribution in [0.3, 0.4) is 0 Å². The smallest absolute Gasteiger partial charge is 0.146 e. The molecule has 70 valence electrons. The van der Waals surface area contributed by atoms with E-state index in [1.54, 1.807) is 0 Å². The van der Waals surface area contributed by atoms with E-state index in [2.05, 4.69) is 15.9 Å². The third kappa shape index (κ3) is 3.28. The maximum absolute atomic E-state index is 10.9. The van der Waals surface area contributed by atoms with Gasteiger partial charge in [-0.15, -0.1) is 0 Å². The Bertz CT molecular complexity index is 312. The summed E-state index contributed by atoms with van der Waals surface area (Å²) < 4.78 is 1.01. The van der Waals surface area contributed by atoms with Crippen molar-refractivity contribution >= 4 is 21.7 Å². The van der Waals surface area contributed by atoms with Gasteiger partial charge < -0.3 is 5.73 Å². The lowest BCUT2D eigenvalue weighted by molar-refractivity contribution is -0.118. The second-order valence-corrected chi connectivity index (χ2v) is 3.97. The van der Waals surface area contributed by atoms with Crippen LogP contribution < -0.4 is 5.73 Å². The molecule has 2 nitrogen and oxygen atoms in total. The van der Waals surface area contributed by atoms with Gasteiger partial charge in [-0.25, -0.2) is 0 Å². The fourth-order valence-electron chi connectivity index (χ4n) is 1.06. The number of nitrogens with two attached hydrogens (primary N) is 1. The molecule has 1 rings (SSSR count). The summed E-state index contributed by atoms with van der Waals surface area (Å²) in [6.07, 6.45) is 0.606. The van der Waals surface area contributed by atoms with Crippen LogP contribution in [0.25, 0.3) is 0 Å². The van der Waals surface area contributed by atoms with Crippen LogP contribution >= 0.6 is 15.9 Å². The van der Waals surface area contributed by atoms with E-state index < -0.39 is 0 Å². The monoisotopic (exact) mass is 241 g/mol. The van der Waals surface area contributed by atoms with Gasteiger partial charge in [0, 0.05) is 4.47 Å². The first-order valence-corrected chi connectivity index (χ1v) is 4.89. The molecule has 13 heavy (non-hydrogen) atoms. The van der Waals surface area contributed by atoms with Gasteiger partial charge in [0.25, 0.3) is 0 Å². The molecule has 0 fully saturated rings. The lowest BCUT2D eigenvalue weighted by Gasteiger charge is -2.07. The summed E-state index contributed by atoms with van der Waals surface area (Å²) in [4.78, 5) is 10.9. The predicted molar refractivity (Wildman–Crippen MR) is 56.5 cm³/mol. The highest BCUT2D eigenvalue weighted by Crippen LogP contribution is 2.12. The predicted octanol–water partition coefficient (Wildman–Crippen LogP) is 1.91. The van der Waals surface area contributed by atoms with E-state index >= 15 is 0 Å². The van der Waals surface area contributed by atoms with Crippen molar-refractivity contribution in [3.05, 3.63) is 34.3 Å². The number of benzene rings is 1. The van der Waals surface area contributed by atoms with Gasteiger partial charge in [0.2, 0.25) is 0 Å². The van der Waals surface area contributed by atoms with Crippen molar-refractivity contribution in [3.8, 4) is 0 Å². The highest BCUT2D eigenvalue weighted by atomic mass is 79.9. The van der Waals surface area contributed by atoms with E-state index in [-0.39, 0.29) is 11.8 Å². The first-order chi connectivity index (χ1) is 6.09. The Morgan fingerprint density at radius 1 is 1.62 bits per heavy atom. The molecule has 1 aromatic rings. The normalized spacial score (nSPS) is 12.5. The molecule has 0 radical (unpaired) electrons. The number of hydrogen-bond donors (Lipinski definition) is 1. The Balaban J connectivity index is 2.69. The number of carbonyl (C=O) groups is 1. The average molecular weight is 242 g/mol. The molecule has 0 aromatic heterocycles. The van der Waals surface area contributed by atoms with Crippen molar-refractivity contribution in [2.75, 3.05) is 0 Å². The molecule has 0 aliphatic carbocycles. The van der Waals surface area contributed by atoms with Crippen LogP contribution in [0.15, 0.2) is 28.7 Å². The van der Waals surface area contributed by atoms with E-state index in [0.717, 1.165) is 10.0 Å². The van der Waals surface area contributed by atoms with Crippen LogP contribution in [0, 0.1) is 0 Å². The van der Waals surface area contributed by atoms with Gasteiger partial charge in [-0.05, 0) is 31.0 Å². The van der Waals surface area contributed by atoms with Crippen molar-refractivity contribution in [1.29, 1.82) is 0 Å². The molecule has 1 aromatic carbocycles. The SMILES string of the molecule is CC(=O)[C@@H](N)Cc1cccc(Br)c1. The first kappa shape index (κ1) is 10.4. The number of carbonyl (C=O) groups excluding carboxylic acids is 1. The van der Waals surface area contributed by atoms with Gasteiger partial charge in [0.05, 0.1) is 6.04 Å². The molecule has 0 aliphatic heterocycles. The molecular formula is C10H12BrNO. The number of hydrogen-bond acceptors (Lipinski definition) is 2. The van der Waals surface area contributed by atoms with Gasteiger partial charge in [0.15, 0.2) is 0 Å². The number of ketones is 1. The van der Waals surface area contributed by atoms with E-state index in [0.29, 0.717) is 6.42 Å². The van der Waals surface area contributed by atoms with Gasteiger partial charge >= 0.3 is 0 Å². The largest absolute Gasteiger partial charge is 0.321 e. The minimum absolute atomic E-state index is 0.0278. The third-order valence-corrected chi connectivity index (χ3v) is 2.36. The summed E-state index contributed by atoms with van der Waals surface area (Å²) in [5.41, 5.74) is 6.71. The molecule has 1 atom stereocenters. The van der Waals surface area contributed by atoms with Crippen molar-refractivity contribution in [1.82, 2.24) is 0 Å². The Kier molecular flexibility index (Phi) is 3.63. The minimum Gasteiger partial charge on any atom is -0.321 e. The molecule has 2 N–H and O–H groups in total. The lowest BCUT2D eigenvalue weighted by atomic mass is 10.0. The van der Waals surface area contributed by atoms with Gasteiger partial charge in [-0.2, -0.15) is 0 Å². The van der Waals surface area contributed by atoms with E-state index in [1.165, 1.54) is 6.92 Å². The van der Waals surface area contributed by atoms with Crippen LogP contribution in [0.1, 0.15) is 12.5 Å². The molecule has 0 unspecified atom stereocenters. The second kappa shape index (κ2) is 4.53. The van der Waals surface area contributed by atoms with E-state index in [4.69, 9.17) is 5.73 Å². The Morgan fingerprint density at radius 2 is 2.31 bits per heavy atom. The third-order valence-electron chi connectivity index (χ3n) is 1.87. The van der Waals surface area contributed by atoms with Crippen LogP contribution in [0.4, 0.5) is 0 Å². The first-order valence-electron chi connectivity index (χ1n) is 4.10. The van der Waals surface area contributed by atoms with Crippen molar-refractivity contribution in [2.45, 2.75) is 19.4 Å². The van der Waals surface area contributed by atoms with Gasteiger partial charge in [-0.3, -0.25) is 4.79 Å². The Morgan fingerprint density at radius 3 is 2.85 bits per heavy atom. The summed E-state index contributed by atoms with van der Waals surface area (Å²) in [7, 11) is 0. The number of halogens is 1. The molecule has 0 heterocycles.